The molecule has 1 aromatic rings. The Hall–Kier alpha value is -1.84. The number of benzene rings is 1. The minimum atomic E-state index is -0.548. The van der Waals surface area contributed by atoms with Crippen molar-refractivity contribution in [2.75, 3.05) is 0 Å². The number of oxime groups is 1. The third-order valence-corrected chi connectivity index (χ3v) is 1.22. The molecule has 0 aliphatic heterocycles. The molecule has 62 valence electrons. The Morgan fingerprint density at radius 1 is 1.42 bits per heavy atom. The molecule has 0 aliphatic rings. The van der Waals surface area contributed by atoms with E-state index in [4.69, 9.17) is 5.21 Å². The lowest BCUT2D eigenvalue weighted by atomic mass is 10.2. The highest BCUT2D eigenvalue weighted by Crippen LogP contribution is 1.99. The van der Waals surface area contributed by atoms with Crippen molar-refractivity contribution in [3.63, 3.8) is 0 Å². The Morgan fingerprint density at radius 2 is 2.08 bits per heavy atom. The van der Waals surface area contributed by atoms with Crippen LogP contribution in [0, 0.1) is 0 Å². The van der Waals surface area contributed by atoms with Crippen LogP contribution in [0.4, 0.5) is 0 Å². The van der Waals surface area contributed by atoms with Gasteiger partial charge in [-0.2, -0.15) is 0 Å². The minimum Gasteiger partial charge on any atom is -0.408 e. The average Bonchev–Trinajstić information content (AvgIpc) is 2.15. The fourth-order valence-electron chi connectivity index (χ4n) is 0.714. The molecule has 0 saturated carbocycles. The molecule has 12 heavy (non-hydrogen) atoms. The van der Waals surface area contributed by atoms with Crippen LogP contribution in [0.15, 0.2) is 35.5 Å². The Morgan fingerprint density at radius 3 is 2.67 bits per heavy atom. The van der Waals surface area contributed by atoms with E-state index in [1.165, 1.54) is 0 Å². The molecule has 0 spiro atoms. The van der Waals surface area contributed by atoms with Crippen molar-refractivity contribution in [3.05, 3.63) is 35.9 Å². The van der Waals surface area contributed by atoms with Crippen molar-refractivity contribution in [1.29, 1.82) is 0 Å². The van der Waals surface area contributed by atoms with E-state index in [0.29, 0.717) is 12.0 Å². The summed E-state index contributed by atoms with van der Waals surface area (Å²) in [6.07, 6.45) is 0.676. The summed E-state index contributed by atoms with van der Waals surface area (Å²) in [5.74, 6) is -0.548. The van der Waals surface area contributed by atoms with Crippen molar-refractivity contribution >= 4 is 12.4 Å². The predicted octanol–water partition coefficient (Wildman–Crippen LogP) is 1.26. The predicted molar refractivity (Wildman–Crippen MR) is 42.1 cm³/mol. The highest BCUT2D eigenvalue weighted by atomic mass is 16.6. The highest BCUT2D eigenvalue weighted by molar-refractivity contribution is 5.93. The van der Waals surface area contributed by atoms with Gasteiger partial charge in [-0.25, -0.2) is 4.79 Å². The van der Waals surface area contributed by atoms with Gasteiger partial charge in [0.05, 0.1) is 5.56 Å². The lowest BCUT2D eigenvalue weighted by Gasteiger charge is -1.95. The van der Waals surface area contributed by atoms with Crippen molar-refractivity contribution in [2.45, 2.75) is 0 Å². The summed E-state index contributed by atoms with van der Waals surface area (Å²) < 4.78 is 4.40. The van der Waals surface area contributed by atoms with E-state index in [-0.39, 0.29) is 0 Å². The van der Waals surface area contributed by atoms with Gasteiger partial charge >= 0.3 is 5.97 Å². The monoisotopic (exact) mass is 165 g/mol. The number of nitrogens with zero attached hydrogens (tertiary/aromatic N) is 1. The van der Waals surface area contributed by atoms with Crippen LogP contribution in [0.1, 0.15) is 10.4 Å². The van der Waals surface area contributed by atoms with Crippen LogP contribution >= 0.6 is 0 Å². The standard InChI is InChI=1S/C8H7NO3/c10-8(12-6-9-11)7-4-2-1-3-5-7/h1-6,11H. The zero-order valence-electron chi connectivity index (χ0n) is 6.18. The zero-order chi connectivity index (χ0) is 8.81. The molecular weight excluding hydrogens is 158 g/mol. The second-order valence-corrected chi connectivity index (χ2v) is 1.99. The van der Waals surface area contributed by atoms with E-state index in [0.717, 1.165) is 0 Å². The minimum absolute atomic E-state index is 0.414. The summed E-state index contributed by atoms with van der Waals surface area (Å²) in [6, 6.07) is 8.43. The Balaban J connectivity index is 2.66. The van der Waals surface area contributed by atoms with Crippen LogP contribution in [0.25, 0.3) is 0 Å². The molecule has 1 rings (SSSR count). The fraction of sp³-hybridized carbons (Fsp3) is 0. The van der Waals surface area contributed by atoms with Gasteiger partial charge in [0.15, 0.2) is 0 Å². The number of hydrogen-bond donors (Lipinski definition) is 1. The molecule has 1 aromatic carbocycles. The quantitative estimate of drug-likeness (QED) is 0.236. The molecule has 4 heteroatoms. The van der Waals surface area contributed by atoms with Gasteiger partial charge in [0, 0.05) is 0 Å². The summed E-state index contributed by atoms with van der Waals surface area (Å²) in [5.41, 5.74) is 0.414. The molecule has 0 fully saturated rings. The molecule has 0 amide bonds. The van der Waals surface area contributed by atoms with Crippen LogP contribution in [0.2, 0.25) is 0 Å². The van der Waals surface area contributed by atoms with Gasteiger partial charge in [0.1, 0.15) is 0 Å². The van der Waals surface area contributed by atoms with E-state index in [2.05, 4.69) is 9.89 Å². The van der Waals surface area contributed by atoms with Gasteiger partial charge in [0.2, 0.25) is 6.40 Å². The molecule has 4 nitrogen and oxygen atoms in total. The fourth-order valence-corrected chi connectivity index (χ4v) is 0.714. The second-order valence-electron chi connectivity index (χ2n) is 1.99. The summed E-state index contributed by atoms with van der Waals surface area (Å²) in [5, 5.41) is 10.5. The maximum Gasteiger partial charge on any atom is 0.344 e. The smallest absolute Gasteiger partial charge is 0.344 e. The van der Waals surface area contributed by atoms with Crippen molar-refractivity contribution < 1.29 is 14.7 Å². The Kier molecular flexibility index (Phi) is 2.84. The van der Waals surface area contributed by atoms with E-state index in [1.54, 1.807) is 30.3 Å². The number of hydrogen-bond acceptors (Lipinski definition) is 4. The Bertz CT molecular complexity index is 282. The highest BCUT2D eigenvalue weighted by Gasteiger charge is 2.02. The molecule has 0 aromatic heterocycles. The largest absolute Gasteiger partial charge is 0.408 e. The van der Waals surface area contributed by atoms with Gasteiger partial charge in [-0.3, -0.25) is 0 Å². The molecule has 0 bridgehead atoms. The number of ether oxygens (including phenoxy) is 1. The third kappa shape index (κ3) is 2.09. The van der Waals surface area contributed by atoms with Crippen molar-refractivity contribution in [1.82, 2.24) is 0 Å². The van der Waals surface area contributed by atoms with Crippen LogP contribution in [0.5, 0.6) is 0 Å². The molecule has 0 heterocycles. The maximum absolute atomic E-state index is 11.0. The third-order valence-electron chi connectivity index (χ3n) is 1.22. The SMILES string of the molecule is O=C(OC=NO)c1ccccc1. The number of carbonyl (C=O) groups excluding carboxylic acids is 1. The summed E-state index contributed by atoms with van der Waals surface area (Å²) in [7, 11) is 0. The first-order valence-corrected chi connectivity index (χ1v) is 3.26. The molecular formula is C8H7NO3. The molecule has 0 saturated heterocycles. The van der Waals surface area contributed by atoms with Crippen LogP contribution in [0.3, 0.4) is 0 Å². The van der Waals surface area contributed by atoms with E-state index in [9.17, 15) is 4.79 Å². The first kappa shape index (κ1) is 8.26. The average molecular weight is 165 g/mol. The van der Waals surface area contributed by atoms with Gasteiger partial charge in [0.25, 0.3) is 0 Å². The van der Waals surface area contributed by atoms with Gasteiger partial charge in [-0.1, -0.05) is 23.4 Å². The van der Waals surface area contributed by atoms with Gasteiger partial charge in [-0.05, 0) is 12.1 Å². The number of rotatable bonds is 2. The number of carbonyl (C=O) groups is 1. The molecule has 0 unspecified atom stereocenters. The van der Waals surface area contributed by atoms with Gasteiger partial charge in [-0.15, -0.1) is 0 Å². The Labute approximate surface area is 69.1 Å². The topological polar surface area (TPSA) is 58.9 Å². The van der Waals surface area contributed by atoms with Crippen LogP contribution in [-0.2, 0) is 4.74 Å². The van der Waals surface area contributed by atoms with E-state index in [1.807, 2.05) is 0 Å². The number of esters is 1. The van der Waals surface area contributed by atoms with Crippen molar-refractivity contribution in [3.8, 4) is 0 Å². The van der Waals surface area contributed by atoms with Crippen LogP contribution in [-0.4, -0.2) is 17.6 Å². The first-order chi connectivity index (χ1) is 5.84. The maximum atomic E-state index is 11.0. The lowest BCUT2D eigenvalue weighted by molar-refractivity contribution is 0.0720. The van der Waals surface area contributed by atoms with Crippen molar-refractivity contribution in [2.24, 2.45) is 5.16 Å². The molecule has 1 N–H and O–H groups in total. The molecule has 0 aliphatic carbocycles. The zero-order valence-corrected chi connectivity index (χ0v) is 6.18. The summed E-state index contributed by atoms with van der Waals surface area (Å²) in [4.78, 5) is 11.0. The first-order valence-electron chi connectivity index (χ1n) is 3.26. The molecule has 0 radical (unpaired) electrons. The second kappa shape index (κ2) is 4.12. The summed E-state index contributed by atoms with van der Waals surface area (Å²) in [6.45, 7) is 0. The van der Waals surface area contributed by atoms with E-state index < -0.39 is 5.97 Å². The summed E-state index contributed by atoms with van der Waals surface area (Å²) >= 11 is 0. The van der Waals surface area contributed by atoms with Gasteiger partial charge < -0.3 is 9.94 Å². The lowest BCUT2D eigenvalue weighted by Crippen LogP contribution is -2.02. The van der Waals surface area contributed by atoms with Crippen LogP contribution < -0.4 is 0 Å². The van der Waals surface area contributed by atoms with E-state index >= 15 is 0 Å². The normalized spacial score (nSPS) is 10.0. The molecule has 0 atom stereocenters.